The van der Waals surface area contributed by atoms with Crippen molar-refractivity contribution in [1.82, 2.24) is 5.43 Å². The van der Waals surface area contributed by atoms with Gasteiger partial charge in [0.15, 0.2) is 0 Å². The van der Waals surface area contributed by atoms with Gasteiger partial charge >= 0.3 is 0 Å². The molecular formula is C11H14BrClN2O2. The lowest BCUT2D eigenvalue weighted by molar-refractivity contribution is -0.121. The molecule has 1 unspecified atom stereocenters. The van der Waals surface area contributed by atoms with E-state index < -0.39 is 0 Å². The summed E-state index contributed by atoms with van der Waals surface area (Å²) < 4.78 is 6.46. The van der Waals surface area contributed by atoms with Crippen molar-refractivity contribution in [3.8, 4) is 5.75 Å². The zero-order valence-corrected chi connectivity index (χ0v) is 11.7. The van der Waals surface area contributed by atoms with Crippen molar-refractivity contribution < 1.29 is 9.53 Å². The topological polar surface area (TPSA) is 64.4 Å². The second kappa shape index (κ2) is 6.83. The van der Waals surface area contributed by atoms with Crippen molar-refractivity contribution in [1.29, 1.82) is 0 Å². The van der Waals surface area contributed by atoms with Crippen molar-refractivity contribution in [3.63, 3.8) is 0 Å². The van der Waals surface area contributed by atoms with E-state index in [4.69, 9.17) is 22.2 Å². The first kappa shape index (κ1) is 14.3. The Morgan fingerprint density at radius 1 is 1.65 bits per heavy atom. The maximum Gasteiger partial charge on any atom is 0.234 e. The van der Waals surface area contributed by atoms with Crippen molar-refractivity contribution in [3.05, 3.63) is 27.7 Å². The van der Waals surface area contributed by atoms with Crippen LogP contribution in [0.1, 0.15) is 19.8 Å². The lowest BCUT2D eigenvalue weighted by Gasteiger charge is -2.15. The first-order valence-electron chi connectivity index (χ1n) is 5.14. The highest BCUT2D eigenvalue weighted by atomic mass is 79.9. The molecule has 0 saturated carbocycles. The van der Waals surface area contributed by atoms with Gasteiger partial charge in [-0.1, -0.05) is 11.6 Å². The van der Waals surface area contributed by atoms with E-state index in [2.05, 4.69) is 21.4 Å². The highest BCUT2D eigenvalue weighted by molar-refractivity contribution is 9.10. The van der Waals surface area contributed by atoms with Gasteiger partial charge in [0.25, 0.3) is 0 Å². The average molecular weight is 322 g/mol. The standard InChI is InChI=1S/C11H14BrClN2O2/c1-7(2-5-11(16)15-14)17-10-4-3-8(13)6-9(10)12/h3-4,6-7H,2,5,14H2,1H3,(H,15,16). The van der Waals surface area contributed by atoms with Gasteiger partial charge < -0.3 is 4.74 Å². The fraction of sp³-hybridized carbons (Fsp3) is 0.364. The number of nitrogens with one attached hydrogen (secondary N) is 1. The van der Waals surface area contributed by atoms with Crippen LogP contribution in [0, 0.1) is 0 Å². The van der Waals surface area contributed by atoms with Crippen LogP contribution in [-0.4, -0.2) is 12.0 Å². The molecule has 0 bridgehead atoms. The van der Waals surface area contributed by atoms with Gasteiger partial charge in [0.2, 0.25) is 5.91 Å². The number of carbonyl (C=O) groups excluding carboxylic acids is 1. The number of hydrogen-bond donors (Lipinski definition) is 2. The molecule has 3 N–H and O–H groups in total. The third-order valence-electron chi connectivity index (χ3n) is 2.16. The van der Waals surface area contributed by atoms with Crippen LogP contribution >= 0.6 is 27.5 Å². The molecule has 1 aromatic carbocycles. The van der Waals surface area contributed by atoms with Crippen LogP contribution in [0.15, 0.2) is 22.7 Å². The number of rotatable bonds is 5. The summed E-state index contributed by atoms with van der Waals surface area (Å²) in [6, 6.07) is 5.29. The largest absolute Gasteiger partial charge is 0.490 e. The Kier molecular flexibility index (Phi) is 5.74. The number of carbonyl (C=O) groups is 1. The molecule has 0 aliphatic carbocycles. The van der Waals surface area contributed by atoms with Crippen LogP contribution in [0.25, 0.3) is 0 Å². The minimum absolute atomic E-state index is 0.0789. The molecule has 1 aromatic rings. The third kappa shape index (κ3) is 4.93. The van der Waals surface area contributed by atoms with Crippen molar-refractivity contribution in [2.75, 3.05) is 0 Å². The molecule has 0 saturated heterocycles. The molecule has 0 aromatic heterocycles. The smallest absolute Gasteiger partial charge is 0.234 e. The average Bonchev–Trinajstić information content (AvgIpc) is 2.29. The summed E-state index contributed by atoms with van der Waals surface area (Å²) >= 11 is 9.18. The van der Waals surface area contributed by atoms with Crippen molar-refractivity contribution in [2.45, 2.75) is 25.9 Å². The number of ether oxygens (including phenoxy) is 1. The van der Waals surface area contributed by atoms with E-state index in [1.807, 2.05) is 6.92 Å². The molecule has 0 aliphatic heterocycles. The molecule has 0 aliphatic rings. The number of benzene rings is 1. The van der Waals surface area contributed by atoms with Crippen molar-refractivity contribution >= 4 is 33.4 Å². The zero-order chi connectivity index (χ0) is 12.8. The van der Waals surface area contributed by atoms with Crippen LogP contribution in [0.4, 0.5) is 0 Å². The van der Waals surface area contributed by atoms with Gasteiger partial charge in [0.1, 0.15) is 5.75 Å². The lowest BCUT2D eigenvalue weighted by Crippen LogP contribution is -2.30. The van der Waals surface area contributed by atoms with Gasteiger partial charge in [-0.3, -0.25) is 10.2 Å². The first-order valence-corrected chi connectivity index (χ1v) is 6.31. The second-order valence-corrected chi connectivity index (χ2v) is 4.90. The molecule has 0 fully saturated rings. The van der Waals surface area contributed by atoms with Gasteiger partial charge in [-0.2, -0.15) is 0 Å². The highest BCUT2D eigenvalue weighted by Crippen LogP contribution is 2.29. The summed E-state index contributed by atoms with van der Waals surface area (Å²) in [5, 5.41) is 0.638. The summed E-state index contributed by atoms with van der Waals surface area (Å²) in [7, 11) is 0. The molecule has 17 heavy (non-hydrogen) atoms. The number of amides is 1. The summed E-state index contributed by atoms with van der Waals surface area (Å²) in [5.74, 6) is 5.49. The molecule has 94 valence electrons. The van der Waals surface area contributed by atoms with Gasteiger partial charge in [-0.15, -0.1) is 0 Å². The first-order chi connectivity index (χ1) is 8.02. The Bertz CT molecular complexity index is 401. The molecule has 4 nitrogen and oxygen atoms in total. The molecule has 0 spiro atoms. The third-order valence-corrected chi connectivity index (χ3v) is 3.02. The predicted octanol–water partition coefficient (Wildman–Crippen LogP) is 2.64. The molecule has 1 rings (SSSR count). The second-order valence-electron chi connectivity index (χ2n) is 3.61. The summed E-state index contributed by atoms with van der Waals surface area (Å²) in [6.07, 6.45) is 0.853. The Balaban J connectivity index is 2.50. The maximum absolute atomic E-state index is 11.0. The number of halogens is 2. The van der Waals surface area contributed by atoms with E-state index >= 15 is 0 Å². The van der Waals surface area contributed by atoms with Gasteiger partial charge in [0.05, 0.1) is 10.6 Å². The fourth-order valence-electron chi connectivity index (χ4n) is 1.25. The van der Waals surface area contributed by atoms with Crippen LogP contribution in [0.2, 0.25) is 5.02 Å². The monoisotopic (exact) mass is 320 g/mol. The van der Waals surface area contributed by atoms with E-state index in [1.165, 1.54) is 0 Å². The molecule has 0 radical (unpaired) electrons. The predicted molar refractivity (Wildman–Crippen MR) is 70.8 cm³/mol. The van der Waals surface area contributed by atoms with Gasteiger partial charge in [-0.05, 0) is 47.5 Å². The number of hydrazine groups is 1. The fourth-order valence-corrected chi connectivity index (χ4v) is 2.03. The molecule has 1 amide bonds. The summed E-state index contributed by atoms with van der Waals surface area (Å²) in [5.41, 5.74) is 2.08. The quantitative estimate of drug-likeness (QED) is 0.498. The normalized spacial score (nSPS) is 12.0. The minimum Gasteiger partial charge on any atom is -0.490 e. The molecule has 1 atom stereocenters. The Morgan fingerprint density at radius 3 is 2.94 bits per heavy atom. The Hall–Kier alpha value is -0.780. The van der Waals surface area contributed by atoms with E-state index in [-0.39, 0.29) is 12.0 Å². The lowest BCUT2D eigenvalue weighted by atomic mass is 10.2. The minimum atomic E-state index is -0.198. The van der Waals surface area contributed by atoms with Gasteiger partial charge in [0, 0.05) is 11.4 Å². The van der Waals surface area contributed by atoms with Crippen LogP contribution in [-0.2, 0) is 4.79 Å². The van der Waals surface area contributed by atoms with Crippen molar-refractivity contribution in [2.24, 2.45) is 5.84 Å². The van der Waals surface area contributed by atoms with E-state index in [0.29, 0.717) is 23.6 Å². The molecular weight excluding hydrogens is 307 g/mol. The Labute approximate surface area is 114 Å². The van der Waals surface area contributed by atoms with Crippen LogP contribution < -0.4 is 16.0 Å². The SMILES string of the molecule is CC(CCC(=O)NN)Oc1ccc(Cl)cc1Br. The summed E-state index contributed by atoms with van der Waals surface area (Å²) in [6.45, 7) is 1.89. The number of hydrogen-bond acceptors (Lipinski definition) is 3. The summed E-state index contributed by atoms with van der Waals surface area (Å²) in [4.78, 5) is 11.0. The Morgan fingerprint density at radius 2 is 2.35 bits per heavy atom. The zero-order valence-electron chi connectivity index (χ0n) is 9.37. The number of nitrogens with two attached hydrogens (primary N) is 1. The van der Waals surface area contributed by atoms with E-state index in [1.54, 1.807) is 18.2 Å². The maximum atomic E-state index is 11.0. The molecule has 6 heteroatoms. The van der Waals surface area contributed by atoms with Gasteiger partial charge in [-0.25, -0.2) is 5.84 Å². The van der Waals surface area contributed by atoms with E-state index in [0.717, 1.165) is 4.47 Å². The van der Waals surface area contributed by atoms with Crippen LogP contribution in [0.5, 0.6) is 5.75 Å². The highest BCUT2D eigenvalue weighted by Gasteiger charge is 2.09. The van der Waals surface area contributed by atoms with Crippen LogP contribution in [0.3, 0.4) is 0 Å². The van der Waals surface area contributed by atoms with E-state index in [9.17, 15) is 4.79 Å². The molecule has 0 heterocycles.